The van der Waals surface area contributed by atoms with Crippen LogP contribution in [0.25, 0.3) is 0 Å². The number of amides is 3. The van der Waals surface area contributed by atoms with E-state index in [4.69, 9.17) is 10.1 Å². The second-order valence-corrected chi connectivity index (χ2v) is 10.8. The quantitative estimate of drug-likeness (QED) is 0.0842. The smallest absolute Gasteiger partial charge is 0.352 e. The molecule has 2 aliphatic heterocycles. The summed E-state index contributed by atoms with van der Waals surface area (Å²) in [5.41, 5.74) is 1.77. The van der Waals surface area contributed by atoms with Crippen molar-refractivity contribution < 1.29 is 29.1 Å². The number of rotatable bonds is 11. The van der Waals surface area contributed by atoms with Gasteiger partial charge in [-0.05, 0) is 5.57 Å². The molecular formula is C18H14N8O6S4. The molecule has 1 fully saturated rings. The van der Waals surface area contributed by atoms with Gasteiger partial charge in [0.25, 0.3) is 11.8 Å². The van der Waals surface area contributed by atoms with Crippen molar-refractivity contribution in [2.24, 2.45) is 5.16 Å². The van der Waals surface area contributed by atoms with Gasteiger partial charge in [0.05, 0.1) is 0 Å². The summed E-state index contributed by atoms with van der Waals surface area (Å²) < 4.78 is 0.679. The van der Waals surface area contributed by atoms with E-state index >= 15 is 0 Å². The third-order valence-electron chi connectivity index (χ3n) is 4.68. The first-order valence-electron chi connectivity index (χ1n) is 9.77. The number of carbonyl (C=O) groups excluding carboxylic acids is 3. The molecule has 0 radical (unpaired) electrons. The Morgan fingerprint density at radius 3 is 2.97 bits per heavy atom. The van der Waals surface area contributed by atoms with Gasteiger partial charge in [0.15, 0.2) is 15.2 Å². The first-order chi connectivity index (χ1) is 17.4. The van der Waals surface area contributed by atoms with Gasteiger partial charge >= 0.3 is 5.97 Å². The predicted octanol–water partition coefficient (Wildman–Crippen LogP) is 0.338. The molecule has 2 atom stereocenters. The third kappa shape index (κ3) is 5.33. The van der Waals surface area contributed by atoms with Crippen LogP contribution in [0, 0.1) is 11.3 Å². The lowest BCUT2D eigenvalue weighted by atomic mass is 10.0. The number of thioether (sulfide) groups is 2. The Kier molecular flexibility index (Phi) is 8.14. The monoisotopic (exact) mass is 566 g/mol. The predicted molar refractivity (Wildman–Crippen MR) is 130 cm³/mol. The molecule has 0 bridgehead atoms. The highest BCUT2D eigenvalue weighted by molar-refractivity contribution is 8.01. The average Bonchev–Trinajstić information content (AvgIpc) is 3.55. The average molecular weight is 567 g/mol. The van der Waals surface area contributed by atoms with Crippen LogP contribution < -0.4 is 10.6 Å². The Morgan fingerprint density at radius 2 is 2.28 bits per heavy atom. The Morgan fingerprint density at radius 1 is 1.44 bits per heavy atom. The number of nitrogens with one attached hydrogen (secondary N) is 2. The van der Waals surface area contributed by atoms with E-state index in [0.717, 1.165) is 16.2 Å². The summed E-state index contributed by atoms with van der Waals surface area (Å²) in [6, 6.07) is 0.702. The minimum absolute atomic E-state index is 0.0572. The summed E-state index contributed by atoms with van der Waals surface area (Å²) in [6.07, 6.45) is 0.418. The van der Waals surface area contributed by atoms with Crippen molar-refractivity contribution in [3.8, 4) is 6.07 Å². The van der Waals surface area contributed by atoms with E-state index < -0.39 is 35.8 Å². The molecule has 2 aromatic rings. The number of hydrogen-bond acceptors (Lipinski definition) is 14. The number of nitrogens with zero attached hydrogens (tertiary/aromatic N) is 6. The Hall–Kier alpha value is -3.53. The molecule has 3 amide bonds. The maximum Gasteiger partial charge on any atom is 0.352 e. The van der Waals surface area contributed by atoms with E-state index in [-0.39, 0.29) is 22.2 Å². The molecule has 18 heteroatoms. The number of nitriles is 1. The second kappa shape index (κ2) is 11.5. The lowest BCUT2D eigenvalue weighted by Gasteiger charge is -2.49. The molecule has 3 N–H and O–H groups in total. The maximum atomic E-state index is 13.0. The van der Waals surface area contributed by atoms with E-state index in [0.29, 0.717) is 27.8 Å². The van der Waals surface area contributed by atoms with E-state index in [1.807, 2.05) is 0 Å². The zero-order chi connectivity index (χ0) is 25.7. The Balaban J connectivity index is 1.49. The van der Waals surface area contributed by atoms with Crippen LogP contribution in [0.3, 0.4) is 0 Å². The number of carbonyl (C=O) groups is 4. The van der Waals surface area contributed by atoms with Crippen LogP contribution in [-0.4, -0.2) is 84.6 Å². The summed E-state index contributed by atoms with van der Waals surface area (Å²) in [5, 5.41) is 35.7. The van der Waals surface area contributed by atoms with Crippen LogP contribution in [-0.2, 0) is 24.0 Å². The number of aromatic nitrogens is 3. The maximum absolute atomic E-state index is 13.0. The van der Waals surface area contributed by atoms with E-state index in [1.54, 1.807) is 11.6 Å². The van der Waals surface area contributed by atoms with Gasteiger partial charge in [-0.25, -0.2) is 9.78 Å². The molecule has 1 saturated heterocycles. The first kappa shape index (κ1) is 25.6. The zero-order valence-corrected chi connectivity index (χ0v) is 21.1. The van der Waals surface area contributed by atoms with Crippen LogP contribution in [0.4, 0.5) is 5.13 Å². The number of anilines is 1. The number of β-lactam (4-membered cyclic amide) rings is 1. The van der Waals surface area contributed by atoms with Crippen LogP contribution in [0.15, 0.2) is 31.7 Å². The van der Waals surface area contributed by atoms with Gasteiger partial charge in [0, 0.05) is 16.9 Å². The Labute approximate surface area is 218 Å². The minimum Gasteiger partial charge on any atom is -0.477 e. The molecule has 0 saturated carbocycles. The van der Waals surface area contributed by atoms with Crippen LogP contribution in [0.1, 0.15) is 5.69 Å². The molecule has 0 spiro atoms. The van der Waals surface area contributed by atoms with Crippen molar-refractivity contribution in [3.05, 3.63) is 27.9 Å². The summed E-state index contributed by atoms with van der Waals surface area (Å²) in [5.74, 6) is -1.97. The van der Waals surface area contributed by atoms with Crippen LogP contribution in [0.5, 0.6) is 0 Å². The number of oxime groups is 1. The van der Waals surface area contributed by atoms with Crippen LogP contribution >= 0.6 is 46.2 Å². The summed E-state index contributed by atoms with van der Waals surface area (Å²) in [7, 11) is 0. The van der Waals surface area contributed by atoms with Crippen LogP contribution in [0.2, 0.25) is 0 Å². The van der Waals surface area contributed by atoms with Crippen molar-refractivity contribution in [2.75, 3.05) is 23.4 Å². The third-order valence-corrected chi connectivity index (χ3v) is 8.74. The fourth-order valence-electron chi connectivity index (χ4n) is 3.21. The van der Waals surface area contributed by atoms with Gasteiger partial charge in [-0.1, -0.05) is 28.3 Å². The molecule has 14 nitrogen and oxygen atoms in total. The molecule has 2 aromatic heterocycles. The lowest BCUT2D eigenvalue weighted by Crippen LogP contribution is -2.71. The number of carboxylic acids is 1. The normalized spacial score (nSPS) is 19.1. The number of aliphatic carboxylic acids is 1. The summed E-state index contributed by atoms with van der Waals surface area (Å²) in [6.45, 7) is -0.431. The number of thiazole rings is 1. The summed E-state index contributed by atoms with van der Waals surface area (Å²) >= 11 is 5.00. The van der Waals surface area contributed by atoms with Gasteiger partial charge in [-0.3, -0.25) is 19.3 Å². The van der Waals surface area contributed by atoms with E-state index in [9.17, 15) is 24.3 Å². The lowest BCUT2D eigenvalue weighted by molar-refractivity contribution is -0.150. The molecular weight excluding hydrogens is 553 g/mol. The minimum atomic E-state index is -1.24. The number of carboxylic acid groups (broad SMARTS) is 1. The highest BCUT2D eigenvalue weighted by Gasteiger charge is 2.54. The number of hydrogen-bond donors (Lipinski definition) is 3. The SMILES string of the molecule is N#CCON=C(C(=O)NC1C(=O)N2C(C(=O)O)=C(CSc3nncs3)CS[C@H]12)c1csc(NC=O)n1. The molecule has 1 unspecified atom stereocenters. The fraction of sp³-hybridized carbons (Fsp3) is 0.278. The van der Waals surface area contributed by atoms with Gasteiger partial charge in [-0.2, -0.15) is 5.26 Å². The molecule has 36 heavy (non-hydrogen) atoms. The van der Waals surface area contributed by atoms with E-state index in [1.165, 1.54) is 40.2 Å². The van der Waals surface area contributed by atoms with Crippen molar-refractivity contribution in [3.63, 3.8) is 0 Å². The molecule has 0 aromatic carbocycles. The fourth-order valence-corrected chi connectivity index (χ4v) is 6.84. The molecule has 186 valence electrons. The summed E-state index contributed by atoms with van der Waals surface area (Å²) in [4.78, 5) is 58.6. The van der Waals surface area contributed by atoms with Crippen molar-refractivity contribution in [1.82, 2.24) is 25.4 Å². The van der Waals surface area contributed by atoms with Gasteiger partial charge in [-0.15, -0.1) is 33.3 Å². The van der Waals surface area contributed by atoms with Crippen molar-refractivity contribution >= 4 is 81.2 Å². The van der Waals surface area contributed by atoms with Crippen molar-refractivity contribution in [1.29, 1.82) is 5.26 Å². The Bertz CT molecular complexity index is 1290. The standard InChI is InChI=1S/C18H14N8O6S4/c19-1-2-32-25-10(9-5-34-17(22-9)20-6-27)13(28)23-11-14(29)26-12(16(30)31)8(3-33-15(11)26)4-35-18-24-21-7-36-18/h5-7,11,15H,2-4H2,(H,23,28)(H,30,31)(H,20,22,27)/t11?,15-/m1/s1. The molecule has 2 aliphatic rings. The van der Waals surface area contributed by atoms with Gasteiger partial charge in [0.1, 0.15) is 34.4 Å². The molecule has 4 heterocycles. The molecule has 0 aliphatic carbocycles. The zero-order valence-electron chi connectivity index (χ0n) is 17.8. The van der Waals surface area contributed by atoms with Crippen molar-refractivity contribution in [2.45, 2.75) is 15.8 Å². The molecule has 4 rings (SSSR count). The second-order valence-electron chi connectivity index (χ2n) is 6.78. The first-order valence-corrected chi connectivity index (χ1v) is 13.6. The largest absolute Gasteiger partial charge is 0.477 e. The highest BCUT2D eigenvalue weighted by atomic mass is 32.2. The van der Waals surface area contributed by atoms with E-state index in [2.05, 4.69) is 31.0 Å². The number of fused-ring (bicyclic) bond motifs is 1. The topological polar surface area (TPSA) is 200 Å². The highest BCUT2D eigenvalue weighted by Crippen LogP contribution is 2.41. The van der Waals surface area contributed by atoms with Gasteiger partial charge < -0.3 is 20.6 Å². The van der Waals surface area contributed by atoms with Gasteiger partial charge in [0.2, 0.25) is 13.0 Å².